The third-order valence-electron chi connectivity index (χ3n) is 4.07. The van der Waals surface area contributed by atoms with Gasteiger partial charge in [0.15, 0.2) is 0 Å². The summed E-state index contributed by atoms with van der Waals surface area (Å²) in [5, 5.41) is 3.46. The van der Waals surface area contributed by atoms with Crippen molar-refractivity contribution in [2.45, 2.75) is 26.2 Å². The lowest BCUT2D eigenvalue weighted by atomic mass is 9.85. The molecule has 0 bridgehead atoms. The van der Waals surface area contributed by atoms with Gasteiger partial charge in [0.05, 0.1) is 14.2 Å². The molecule has 2 rings (SSSR count). The predicted octanol–water partition coefficient (Wildman–Crippen LogP) is 4.42. The Hall–Kier alpha value is -1.90. The third-order valence-corrected chi connectivity index (χ3v) is 4.07. The van der Waals surface area contributed by atoms with E-state index in [1.807, 2.05) is 18.2 Å². The second-order valence-corrected chi connectivity index (χ2v) is 5.63. The van der Waals surface area contributed by atoms with Gasteiger partial charge in [-0.15, -0.1) is 0 Å². The van der Waals surface area contributed by atoms with Gasteiger partial charge in [0.25, 0.3) is 0 Å². The molecule has 3 nitrogen and oxygen atoms in total. The summed E-state index contributed by atoms with van der Waals surface area (Å²) in [4.78, 5) is 0. The van der Waals surface area contributed by atoms with Crippen molar-refractivity contribution < 1.29 is 9.47 Å². The molecule has 0 aromatic heterocycles. The second kappa shape index (κ2) is 7.21. The minimum Gasteiger partial charge on any atom is -0.497 e. The van der Waals surface area contributed by atoms with E-state index >= 15 is 0 Å². The summed E-state index contributed by atoms with van der Waals surface area (Å²) in [5.41, 5.74) is 3.79. The Bertz CT molecular complexity index is 512. The van der Waals surface area contributed by atoms with Crippen LogP contribution in [0, 0.1) is 5.92 Å². The molecule has 1 aromatic carbocycles. The molecule has 1 aromatic rings. The number of nitrogens with one attached hydrogen (secondary N) is 1. The molecule has 3 heteroatoms. The highest BCUT2D eigenvalue weighted by Crippen LogP contribution is 2.29. The standard InChI is InChI=1S/C18H25NO2/c1-13(2)15-7-5-14(6-8-15)12-19-16-9-17(20-3)11-18(10-16)21-4/h5,9-11,15,19H,1,6-8,12H2,2-4H3. The fourth-order valence-corrected chi connectivity index (χ4v) is 2.62. The summed E-state index contributed by atoms with van der Waals surface area (Å²) in [6, 6.07) is 5.85. The molecule has 21 heavy (non-hydrogen) atoms. The van der Waals surface area contributed by atoms with Crippen LogP contribution in [0.2, 0.25) is 0 Å². The molecule has 0 fully saturated rings. The van der Waals surface area contributed by atoms with E-state index in [9.17, 15) is 0 Å². The molecular formula is C18H25NO2. The van der Waals surface area contributed by atoms with Gasteiger partial charge < -0.3 is 14.8 Å². The Morgan fingerprint density at radius 2 is 1.90 bits per heavy atom. The Kier molecular flexibility index (Phi) is 5.32. The molecule has 1 N–H and O–H groups in total. The van der Waals surface area contributed by atoms with Gasteiger partial charge in [0.1, 0.15) is 11.5 Å². The molecule has 0 saturated heterocycles. The molecular weight excluding hydrogens is 262 g/mol. The van der Waals surface area contributed by atoms with Gasteiger partial charge in [-0.25, -0.2) is 0 Å². The summed E-state index contributed by atoms with van der Waals surface area (Å²) in [6.07, 6.45) is 5.83. The van der Waals surface area contributed by atoms with Crippen molar-refractivity contribution in [3.05, 3.63) is 42.0 Å². The number of allylic oxidation sites excluding steroid dienone is 2. The van der Waals surface area contributed by atoms with Crippen LogP contribution in [0.1, 0.15) is 26.2 Å². The highest BCUT2D eigenvalue weighted by Gasteiger charge is 2.14. The van der Waals surface area contributed by atoms with Crippen molar-refractivity contribution in [2.75, 3.05) is 26.1 Å². The maximum absolute atomic E-state index is 5.29. The monoisotopic (exact) mass is 287 g/mol. The van der Waals surface area contributed by atoms with Crippen LogP contribution in [0.5, 0.6) is 11.5 Å². The van der Waals surface area contributed by atoms with Crippen molar-refractivity contribution in [1.82, 2.24) is 0 Å². The molecule has 114 valence electrons. The van der Waals surface area contributed by atoms with Crippen molar-refractivity contribution in [3.63, 3.8) is 0 Å². The fourth-order valence-electron chi connectivity index (χ4n) is 2.62. The molecule has 0 heterocycles. The van der Waals surface area contributed by atoms with Crippen LogP contribution in [0.25, 0.3) is 0 Å². The van der Waals surface area contributed by atoms with Crippen LogP contribution in [-0.2, 0) is 0 Å². The zero-order chi connectivity index (χ0) is 15.2. The van der Waals surface area contributed by atoms with Crippen LogP contribution in [0.3, 0.4) is 0 Å². The number of rotatable bonds is 6. The number of hydrogen-bond acceptors (Lipinski definition) is 3. The van der Waals surface area contributed by atoms with E-state index in [0.717, 1.165) is 36.6 Å². The van der Waals surface area contributed by atoms with Gasteiger partial charge in [0.2, 0.25) is 0 Å². The van der Waals surface area contributed by atoms with Crippen LogP contribution >= 0.6 is 0 Å². The first kappa shape index (κ1) is 15.5. The number of anilines is 1. The maximum atomic E-state index is 5.29. The smallest absolute Gasteiger partial charge is 0.124 e. The summed E-state index contributed by atoms with van der Waals surface area (Å²) in [7, 11) is 3.33. The Labute approximate surface area is 127 Å². The summed E-state index contributed by atoms with van der Waals surface area (Å²) < 4.78 is 10.6. The van der Waals surface area contributed by atoms with Gasteiger partial charge in [-0.2, -0.15) is 0 Å². The first-order valence-electron chi connectivity index (χ1n) is 7.42. The number of ether oxygens (including phenoxy) is 2. The van der Waals surface area contributed by atoms with E-state index in [1.165, 1.54) is 17.6 Å². The molecule has 1 aliphatic carbocycles. The lowest BCUT2D eigenvalue weighted by Crippen LogP contribution is -2.12. The van der Waals surface area contributed by atoms with Crippen LogP contribution in [0.4, 0.5) is 5.69 Å². The van der Waals surface area contributed by atoms with Crippen molar-refractivity contribution in [1.29, 1.82) is 0 Å². The predicted molar refractivity (Wildman–Crippen MR) is 88.3 cm³/mol. The molecule has 0 spiro atoms. The number of methoxy groups -OCH3 is 2. The maximum Gasteiger partial charge on any atom is 0.124 e. The zero-order valence-corrected chi connectivity index (χ0v) is 13.2. The number of hydrogen-bond donors (Lipinski definition) is 1. The van der Waals surface area contributed by atoms with E-state index in [0.29, 0.717) is 5.92 Å². The lowest BCUT2D eigenvalue weighted by molar-refractivity contribution is 0.394. The lowest BCUT2D eigenvalue weighted by Gasteiger charge is -2.22. The normalized spacial score (nSPS) is 17.9. The van der Waals surface area contributed by atoms with Crippen LogP contribution in [0.15, 0.2) is 42.0 Å². The summed E-state index contributed by atoms with van der Waals surface area (Å²) in [5.74, 6) is 2.26. The van der Waals surface area contributed by atoms with Gasteiger partial charge in [0, 0.05) is 30.4 Å². The molecule has 0 saturated carbocycles. The molecule has 1 atom stereocenters. The van der Waals surface area contributed by atoms with Crippen molar-refractivity contribution in [3.8, 4) is 11.5 Å². The van der Waals surface area contributed by atoms with Crippen molar-refractivity contribution >= 4 is 5.69 Å². The SMILES string of the molecule is C=C(C)C1CC=C(CNc2cc(OC)cc(OC)c2)CC1. The summed E-state index contributed by atoms with van der Waals surface area (Å²) >= 11 is 0. The fraction of sp³-hybridized carbons (Fsp3) is 0.444. The molecule has 0 amide bonds. The molecule has 0 radical (unpaired) electrons. The molecule has 1 aliphatic rings. The van der Waals surface area contributed by atoms with E-state index in [1.54, 1.807) is 14.2 Å². The van der Waals surface area contributed by atoms with Gasteiger partial charge in [-0.3, -0.25) is 0 Å². The largest absolute Gasteiger partial charge is 0.497 e. The quantitative estimate of drug-likeness (QED) is 0.786. The molecule has 1 unspecified atom stereocenters. The Morgan fingerprint density at radius 1 is 1.24 bits per heavy atom. The first-order valence-corrected chi connectivity index (χ1v) is 7.42. The average Bonchev–Trinajstić information content (AvgIpc) is 2.52. The van der Waals surface area contributed by atoms with E-state index in [4.69, 9.17) is 9.47 Å². The number of benzene rings is 1. The summed E-state index contributed by atoms with van der Waals surface area (Å²) in [6.45, 7) is 7.07. The topological polar surface area (TPSA) is 30.5 Å². The highest BCUT2D eigenvalue weighted by molar-refractivity contribution is 5.54. The van der Waals surface area contributed by atoms with Crippen LogP contribution in [-0.4, -0.2) is 20.8 Å². The van der Waals surface area contributed by atoms with Gasteiger partial charge in [-0.1, -0.05) is 23.8 Å². The first-order chi connectivity index (χ1) is 10.1. The van der Waals surface area contributed by atoms with Gasteiger partial charge in [-0.05, 0) is 32.1 Å². The Morgan fingerprint density at radius 3 is 2.38 bits per heavy atom. The third kappa shape index (κ3) is 4.28. The second-order valence-electron chi connectivity index (χ2n) is 5.63. The average molecular weight is 287 g/mol. The Balaban J connectivity index is 1.96. The highest BCUT2D eigenvalue weighted by atomic mass is 16.5. The minimum absolute atomic E-state index is 0.658. The molecule has 0 aliphatic heterocycles. The zero-order valence-electron chi connectivity index (χ0n) is 13.2. The van der Waals surface area contributed by atoms with Gasteiger partial charge >= 0.3 is 0 Å². The van der Waals surface area contributed by atoms with E-state index in [2.05, 4.69) is 24.9 Å². The van der Waals surface area contributed by atoms with E-state index in [-0.39, 0.29) is 0 Å². The van der Waals surface area contributed by atoms with Crippen molar-refractivity contribution in [2.24, 2.45) is 5.92 Å². The van der Waals surface area contributed by atoms with E-state index < -0.39 is 0 Å². The van der Waals surface area contributed by atoms with Crippen LogP contribution < -0.4 is 14.8 Å². The minimum atomic E-state index is 0.658.